The first-order valence-electron chi connectivity index (χ1n) is 10.5. The summed E-state index contributed by atoms with van der Waals surface area (Å²) in [4.78, 5) is 2.32. The zero-order valence-corrected chi connectivity index (χ0v) is 20.9. The first-order valence-corrected chi connectivity index (χ1v) is 11.5. The number of fused-ring (bicyclic) bond motifs is 2. The molecule has 0 atom stereocenters. The second-order valence-electron chi connectivity index (χ2n) is 9.22. The molecule has 0 saturated heterocycles. The first kappa shape index (κ1) is 21.1. The van der Waals surface area contributed by atoms with Gasteiger partial charge in [0.15, 0.2) is 5.71 Å². The molecule has 2 nitrogen and oxygen atoms in total. The molecule has 4 rings (SSSR count). The third kappa shape index (κ3) is 3.27. The molecular weight excluding hydrogens is 479 g/mol. The zero-order valence-electron chi connectivity index (χ0n) is 18.7. The summed E-state index contributed by atoms with van der Waals surface area (Å²) in [6.45, 7) is 9.23. The lowest BCUT2D eigenvalue weighted by molar-refractivity contribution is -0.401. The molecule has 0 aromatic heterocycles. The Balaban J connectivity index is 1.62. The number of halogens is 1. The number of likely N-dealkylation sites (N-methyl/N-ethyl adjacent to an activating group) is 1. The summed E-state index contributed by atoms with van der Waals surface area (Å²) in [6, 6.07) is 17.4. The van der Waals surface area contributed by atoms with Crippen LogP contribution in [-0.4, -0.2) is 24.4 Å². The second kappa shape index (κ2) is 7.52. The Morgan fingerprint density at radius 1 is 0.933 bits per heavy atom. The fourth-order valence-electron chi connectivity index (χ4n) is 4.98. The number of nitrogens with zero attached hydrogens (tertiary/aromatic N) is 2. The highest BCUT2D eigenvalue weighted by molar-refractivity contribution is 14.1. The van der Waals surface area contributed by atoms with Crippen molar-refractivity contribution in [2.75, 3.05) is 19.0 Å². The minimum Gasteiger partial charge on any atom is -0.347 e. The first-order chi connectivity index (χ1) is 14.2. The molecule has 0 amide bonds. The van der Waals surface area contributed by atoms with Gasteiger partial charge in [-0.15, -0.1) is 0 Å². The smallest absolute Gasteiger partial charge is 0.209 e. The van der Waals surface area contributed by atoms with Gasteiger partial charge in [-0.2, -0.15) is 4.58 Å². The summed E-state index contributed by atoms with van der Waals surface area (Å²) >= 11 is 2.43. The molecule has 0 unspecified atom stereocenters. The quantitative estimate of drug-likeness (QED) is 0.248. The van der Waals surface area contributed by atoms with Crippen molar-refractivity contribution in [3.05, 3.63) is 93.2 Å². The Labute approximate surface area is 194 Å². The van der Waals surface area contributed by atoms with Crippen LogP contribution in [0.2, 0.25) is 0 Å². The summed E-state index contributed by atoms with van der Waals surface area (Å²) in [7, 11) is 4.33. The second-order valence-corrected chi connectivity index (χ2v) is 10.5. The van der Waals surface area contributed by atoms with Crippen molar-refractivity contribution in [1.29, 1.82) is 0 Å². The summed E-state index contributed by atoms with van der Waals surface area (Å²) in [6.07, 6.45) is 9.00. The molecule has 0 bridgehead atoms. The molecule has 30 heavy (non-hydrogen) atoms. The average Bonchev–Trinajstić information content (AvgIpc) is 3.04. The molecule has 2 aromatic carbocycles. The fraction of sp³-hybridized carbons (Fsp3) is 0.296. The lowest BCUT2D eigenvalue weighted by Crippen LogP contribution is -2.26. The van der Waals surface area contributed by atoms with E-state index in [4.69, 9.17) is 0 Å². The number of benzene rings is 2. The minimum absolute atomic E-state index is 0.00648. The molecule has 0 saturated carbocycles. The Kier molecular flexibility index (Phi) is 5.29. The van der Waals surface area contributed by atoms with Crippen molar-refractivity contribution in [3.8, 4) is 0 Å². The van der Waals surface area contributed by atoms with Crippen molar-refractivity contribution < 1.29 is 4.58 Å². The van der Waals surface area contributed by atoms with Crippen molar-refractivity contribution in [1.82, 2.24) is 0 Å². The van der Waals surface area contributed by atoms with Gasteiger partial charge >= 0.3 is 0 Å². The van der Waals surface area contributed by atoms with Crippen molar-refractivity contribution in [3.63, 3.8) is 0 Å². The molecule has 0 radical (unpaired) electrons. The van der Waals surface area contributed by atoms with Gasteiger partial charge in [0.2, 0.25) is 5.69 Å². The lowest BCUT2D eigenvalue weighted by atomic mass is 9.81. The topological polar surface area (TPSA) is 6.25 Å². The average molecular weight is 509 g/mol. The predicted octanol–water partition coefficient (Wildman–Crippen LogP) is 6.88. The van der Waals surface area contributed by atoms with E-state index in [1.807, 2.05) is 0 Å². The van der Waals surface area contributed by atoms with Crippen molar-refractivity contribution in [2.45, 2.75) is 38.5 Å². The van der Waals surface area contributed by atoms with Crippen LogP contribution in [0.1, 0.15) is 38.8 Å². The van der Waals surface area contributed by atoms with E-state index < -0.39 is 0 Å². The molecule has 0 aliphatic carbocycles. The monoisotopic (exact) mass is 509 g/mol. The van der Waals surface area contributed by atoms with E-state index in [9.17, 15) is 0 Å². The summed E-state index contributed by atoms with van der Waals surface area (Å²) in [5.74, 6) is 0. The van der Waals surface area contributed by atoms with Crippen LogP contribution in [0.4, 0.5) is 11.4 Å². The van der Waals surface area contributed by atoms with E-state index in [1.165, 1.54) is 37.5 Å². The number of rotatable bonds is 3. The Bertz CT molecular complexity index is 1130. The summed E-state index contributed by atoms with van der Waals surface area (Å²) in [5.41, 5.74) is 8.04. The van der Waals surface area contributed by atoms with Crippen LogP contribution in [0, 0.1) is 0 Å². The molecule has 0 spiro atoms. The number of hydrogen-bond acceptors (Lipinski definition) is 1. The maximum Gasteiger partial charge on any atom is 0.209 e. The maximum atomic E-state index is 2.43. The van der Waals surface area contributed by atoms with Crippen LogP contribution < -0.4 is 4.90 Å². The molecular formula is C27H30IN2+. The number of anilines is 1. The Morgan fingerprint density at radius 3 is 2.23 bits per heavy atom. The molecule has 2 heterocycles. The number of hydrogen-bond donors (Lipinski definition) is 0. The van der Waals surface area contributed by atoms with Crippen LogP contribution in [0.15, 0.2) is 82.1 Å². The van der Waals surface area contributed by atoms with E-state index in [1.54, 1.807) is 0 Å². The summed E-state index contributed by atoms with van der Waals surface area (Å²) < 4.78 is 3.53. The maximum absolute atomic E-state index is 2.43. The zero-order chi connectivity index (χ0) is 21.7. The number of allylic oxidation sites excluding steroid dienone is 6. The van der Waals surface area contributed by atoms with Crippen molar-refractivity contribution in [2.24, 2.45) is 0 Å². The van der Waals surface area contributed by atoms with E-state index in [0.29, 0.717) is 0 Å². The molecule has 2 aromatic rings. The SMILES string of the molecule is CN1/C(=C/C=C(I)/C=C/C2=[N+](C)c3ccccc3C2(C)C)C(C)(C)c2ccccc21. The van der Waals surface area contributed by atoms with Gasteiger partial charge in [0.05, 0.1) is 5.41 Å². The van der Waals surface area contributed by atoms with E-state index >= 15 is 0 Å². The van der Waals surface area contributed by atoms with Gasteiger partial charge in [0.1, 0.15) is 7.05 Å². The van der Waals surface area contributed by atoms with Crippen LogP contribution in [0.3, 0.4) is 0 Å². The van der Waals surface area contributed by atoms with Gasteiger partial charge in [-0.05, 0) is 66.3 Å². The molecule has 3 heteroatoms. The third-order valence-corrected chi connectivity index (χ3v) is 7.40. The highest BCUT2D eigenvalue weighted by Gasteiger charge is 2.42. The molecule has 154 valence electrons. The van der Waals surface area contributed by atoms with E-state index in [2.05, 4.69) is 147 Å². The van der Waals surface area contributed by atoms with E-state index in [-0.39, 0.29) is 10.8 Å². The number of para-hydroxylation sites is 2. The van der Waals surface area contributed by atoms with E-state index in [0.717, 1.165) is 0 Å². The van der Waals surface area contributed by atoms with Crippen LogP contribution in [-0.2, 0) is 10.8 Å². The van der Waals surface area contributed by atoms with Gasteiger partial charge in [-0.25, -0.2) is 0 Å². The third-order valence-electron chi connectivity index (χ3n) is 6.68. The molecule has 2 aliphatic heterocycles. The van der Waals surface area contributed by atoms with Gasteiger partial charge in [0.25, 0.3) is 0 Å². The van der Waals surface area contributed by atoms with Crippen LogP contribution in [0.25, 0.3) is 0 Å². The van der Waals surface area contributed by atoms with Crippen LogP contribution >= 0.6 is 22.6 Å². The van der Waals surface area contributed by atoms with Crippen LogP contribution in [0.5, 0.6) is 0 Å². The fourth-order valence-corrected chi connectivity index (χ4v) is 5.34. The highest BCUT2D eigenvalue weighted by Crippen LogP contribution is 2.46. The van der Waals surface area contributed by atoms with Gasteiger partial charge in [0, 0.05) is 45.1 Å². The largest absolute Gasteiger partial charge is 0.347 e. The summed E-state index contributed by atoms with van der Waals surface area (Å²) in [5, 5.41) is 0. The molecule has 0 fully saturated rings. The molecule has 0 N–H and O–H groups in total. The highest BCUT2D eigenvalue weighted by atomic mass is 127. The predicted molar refractivity (Wildman–Crippen MR) is 138 cm³/mol. The van der Waals surface area contributed by atoms with Gasteiger partial charge in [-0.1, -0.05) is 50.2 Å². The standard InChI is InChI=1S/C27H30IN2/c1-26(2)20-11-7-9-13-22(20)29(5)24(26)17-15-19(28)16-18-25-27(3,4)21-12-8-10-14-23(21)30(25)6/h7-18H,1-6H3/q+1. The normalized spacial score (nSPS) is 21.0. The van der Waals surface area contributed by atoms with Gasteiger partial charge in [-0.3, -0.25) is 0 Å². The Hall–Kier alpha value is -2.14. The minimum atomic E-state index is 0.00648. The van der Waals surface area contributed by atoms with Gasteiger partial charge < -0.3 is 4.90 Å². The van der Waals surface area contributed by atoms with Crippen molar-refractivity contribution >= 4 is 39.7 Å². The molecule has 2 aliphatic rings. The Morgan fingerprint density at radius 2 is 1.57 bits per heavy atom. The lowest BCUT2D eigenvalue weighted by Gasteiger charge is -2.23.